The highest BCUT2D eigenvalue weighted by Gasteiger charge is 2.60. The fourth-order valence-corrected chi connectivity index (χ4v) is 27.9. The highest BCUT2D eigenvalue weighted by atomic mass is 28.5. The molecule has 3 aromatic rings. The van der Waals surface area contributed by atoms with Gasteiger partial charge in [-0.05, 0) is 45.8 Å². The molecule has 5 nitrogen and oxygen atoms in total. The molecule has 1 heterocycles. The molecular weight excluding hydrogens is 581 g/mol. The highest BCUT2D eigenvalue weighted by Crippen LogP contribution is 2.33. The lowest BCUT2D eigenvalue weighted by Gasteiger charge is -2.49. The van der Waals surface area contributed by atoms with E-state index in [0.29, 0.717) is 0 Å². The van der Waals surface area contributed by atoms with Gasteiger partial charge in [0.15, 0.2) is 0 Å². The molecule has 10 heteroatoms. The molecule has 1 saturated heterocycles. The normalized spacial score (nSPS) is 32.8. The summed E-state index contributed by atoms with van der Waals surface area (Å²) in [7, 11) is -16.9. The van der Waals surface area contributed by atoms with Crippen LogP contribution in [0.25, 0.3) is 0 Å². The van der Waals surface area contributed by atoms with Gasteiger partial charge in [0.05, 0.1) is 0 Å². The first-order valence-electron chi connectivity index (χ1n) is 13.0. The number of benzene rings is 3. The van der Waals surface area contributed by atoms with Gasteiger partial charge in [0.25, 0.3) is 0 Å². The summed E-state index contributed by atoms with van der Waals surface area (Å²) in [5.74, 6) is 0. The second kappa shape index (κ2) is 12.0. The lowest BCUT2D eigenvalue weighted by molar-refractivity contribution is 0.260. The number of hydrogen-bond acceptors (Lipinski definition) is 5. The molecule has 1 aliphatic heterocycles. The quantitative estimate of drug-likeness (QED) is 0.337. The molecule has 4 rings (SSSR count). The summed E-state index contributed by atoms with van der Waals surface area (Å²) >= 11 is 0. The Morgan fingerprint density at radius 3 is 0.925 bits per heavy atom. The summed E-state index contributed by atoms with van der Waals surface area (Å²) in [4.78, 5) is 0. The van der Waals surface area contributed by atoms with Crippen molar-refractivity contribution >= 4 is 58.4 Å². The van der Waals surface area contributed by atoms with Crippen LogP contribution in [0.15, 0.2) is 152 Å². The molecule has 0 aromatic heterocycles. The van der Waals surface area contributed by atoms with Crippen LogP contribution in [-0.2, 0) is 20.6 Å². The van der Waals surface area contributed by atoms with Crippen molar-refractivity contribution in [3.8, 4) is 0 Å². The maximum absolute atomic E-state index is 7.35. The van der Waals surface area contributed by atoms with Crippen molar-refractivity contribution in [2.75, 3.05) is 0 Å². The van der Waals surface area contributed by atoms with Crippen LogP contribution < -0.4 is 15.6 Å². The van der Waals surface area contributed by atoms with Crippen molar-refractivity contribution in [2.24, 2.45) is 0 Å². The van der Waals surface area contributed by atoms with Crippen molar-refractivity contribution in [2.45, 2.75) is 13.1 Å². The summed E-state index contributed by atoms with van der Waals surface area (Å²) in [5, 5.41) is 2.62. The average molecular weight is 617 g/mol. The zero-order valence-electron chi connectivity index (χ0n) is 23.1. The van der Waals surface area contributed by atoms with E-state index in [1.807, 2.05) is 104 Å². The van der Waals surface area contributed by atoms with Gasteiger partial charge in [-0.3, -0.25) is 0 Å². The van der Waals surface area contributed by atoms with E-state index in [1.54, 1.807) is 28.5 Å². The standard InChI is InChI=1S/C30H36O5Si5/c1-8-36(6)31-37(7,9-2)33-39(11-4,29-24-18-14-19-25-29)35-40(12-5,30-26-20-15-21-27-30)34-38(10-3,32-36)28-22-16-13-17-23-28/h8-27H,1-5H2,6-7H3. The molecule has 0 bridgehead atoms. The second-order valence-corrected chi connectivity index (χ2v) is 25.6. The van der Waals surface area contributed by atoms with E-state index in [0.717, 1.165) is 15.6 Å². The average Bonchev–Trinajstić information content (AvgIpc) is 3.01. The van der Waals surface area contributed by atoms with E-state index in [2.05, 4.69) is 32.9 Å². The van der Waals surface area contributed by atoms with E-state index in [1.165, 1.54) is 0 Å². The van der Waals surface area contributed by atoms with Crippen molar-refractivity contribution in [1.29, 1.82) is 0 Å². The van der Waals surface area contributed by atoms with Crippen molar-refractivity contribution in [3.63, 3.8) is 0 Å². The van der Waals surface area contributed by atoms with Crippen LogP contribution in [0.3, 0.4) is 0 Å². The van der Waals surface area contributed by atoms with Gasteiger partial charge in [-0.15, -0.1) is 32.9 Å². The maximum Gasteiger partial charge on any atom is 0.382 e. The minimum Gasteiger partial charge on any atom is -0.410 e. The van der Waals surface area contributed by atoms with Crippen LogP contribution >= 0.6 is 0 Å². The predicted molar refractivity (Wildman–Crippen MR) is 175 cm³/mol. The summed E-state index contributed by atoms with van der Waals surface area (Å²) in [5.41, 5.74) is 8.94. The van der Waals surface area contributed by atoms with Crippen LogP contribution in [0.1, 0.15) is 0 Å². The predicted octanol–water partition coefficient (Wildman–Crippen LogP) is 4.90. The Morgan fingerprint density at radius 1 is 0.400 bits per heavy atom. The Kier molecular flexibility index (Phi) is 9.06. The molecule has 206 valence electrons. The van der Waals surface area contributed by atoms with E-state index < -0.39 is 42.8 Å². The van der Waals surface area contributed by atoms with Crippen molar-refractivity contribution < 1.29 is 20.6 Å². The first-order valence-corrected chi connectivity index (χ1v) is 23.5. The zero-order chi connectivity index (χ0) is 28.9. The molecule has 4 unspecified atom stereocenters. The third kappa shape index (κ3) is 5.82. The largest absolute Gasteiger partial charge is 0.410 e. The molecule has 3 aromatic carbocycles. The zero-order valence-corrected chi connectivity index (χ0v) is 28.1. The molecule has 4 atom stereocenters. The van der Waals surface area contributed by atoms with Gasteiger partial charge in [0, 0.05) is 0 Å². The maximum atomic E-state index is 7.35. The van der Waals surface area contributed by atoms with Gasteiger partial charge in [0.2, 0.25) is 0 Å². The number of hydrogen-bond donors (Lipinski definition) is 0. The second-order valence-electron chi connectivity index (χ2n) is 9.66. The van der Waals surface area contributed by atoms with Gasteiger partial charge in [-0.25, -0.2) is 0 Å². The third-order valence-corrected chi connectivity index (χ3v) is 27.1. The molecule has 1 aliphatic rings. The summed E-state index contributed by atoms with van der Waals surface area (Å²) in [6.45, 7) is 25.0. The molecule has 0 aliphatic carbocycles. The molecule has 0 N–H and O–H groups in total. The van der Waals surface area contributed by atoms with Gasteiger partial charge < -0.3 is 20.6 Å². The molecule has 0 saturated carbocycles. The summed E-state index contributed by atoms with van der Waals surface area (Å²) in [6, 6.07) is 29.7. The highest BCUT2D eigenvalue weighted by molar-refractivity contribution is 7.07. The molecule has 0 radical (unpaired) electrons. The van der Waals surface area contributed by atoms with E-state index in [-0.39, 0.29) is 0 Å². The fourth-order valence-electron chi connectivity index (χ4n) is 4.69. The Labute approximate surface area is 243 Å². The van der Waals surface area contributed by atoms with E-state index in [9.17, 15) is 0 Å². The van der Waals surface area contributed by atoms with Crippen LogP contribution in [0, 0.1) is 0 Å². The SMILES string of the molecule is C=C[Si]1(C)O[Si](C)(C=C)O[Si](C=C)(c2ccccc2)O[Si](C=C)(c2ccccc2)O[Si](C=C)(c2ccccc2)O1. The van der Waals surface area contributed by atoms with Crippen molar-refractivity contribution in [1.82, 2.24) is 0 Å². The van der Waals surface area contributed by atoms with E-state index in [4.69, 9.17) is 20.6 Å². The van der Waals surface area contributed by atoms with Crippen LogP contribution in [0.2, 0.25) is 13.1 Å². The van der Waals surface area contributed by atoms with Crippen molar-refractivity contribution in [3.05, 3.63) is 152 Å². The van der Waals surface area contributed by atoms with Crippen LogP contribution in [-0.4, -0.2) is 42.8 Å². The Balaban J connectivity index is 2.11. The fraction of sp³-hybridized carbons (Fsp3) is 0.0667. The summed E-state index contributed by atoms with van der Waals surface area (Å²) < 4.78 is 35.7. The summed E-state index contributed by atoms with van der Waals surface area (Å²) in [6.07, 6.45) is 0. The molecular formula is C30H36O5Si5. The van der Waals surface area contributed by atoms with Crippen LogP contribution in [0.5, 0.6) is 0 Å². The molecule has 0 amide bonds. The first-order chi connectivity index (χ1) is 19.2. The van der Waals surface area contributed by atoms with Gasteiger partial charge in [-0.2, -0.15) is 0 Å². The van der Waals surface area contributed by atoms with Gasteiger partial charge in [0.1, 0.15) is 0 Å². The lowest BCUT2D eigenvalue weighted by atomic mass is 10.4. The monoisotopic (exact) mass is 616 g/mol. The Bertz CT molecular complexity index is 1300. The number of rotatable bonds is 8. The van der Waals surface area contributed by atoms with Gasteiger partial charge in [-0.1, -0.05) is 102 Å². The van der Waals surface area contributed by atoms with E-state index >= 15 is 0 Å². The molecule has 0 spiro atoms. The lowest BCUT2D eigenvalue weighted by Crippen LogP contribution is -2.75. The topological polar surface area (TPSA) is 46.2 Å². The first kappa shape index (κ1) is 30.2. The Morgan fingerprint density at radius 2 is 0.675 bits per heavy atom. The smallest absolute Gasteiger partial charge is 0.382 e. The molecule has 1 fully saturated rings. The van der Waals surface area contributed by atoms with Gasteiger partial charge >= 0.3 is 42.8 Å². The molecule has 40 heavy (non-hydrogen) atoms. The Hall–Kier alpha value is -2.76. The minimum atomic E-state index is -3.58. The third-order valence-electron chi connectivity index (χ3n) is 6.80. The minimum absolute atomic E-state index is 0.868. The van der Waals surface area contributed by atoms with Crippen LogP contribution in [0.4, 0.5) is 0 Å².